The van der Waals surface area contributed by atoms with Crippen LogP contribution in [0.15, 0.2) is 0 Å². The van der Waals surface area contributed by atoms with E-state index >= 15 is 0 Å². The number of rotatable bonds is 15. The van der Waals surface area contributed by atoms with Gasteiger partial charge in [-0.15, -0.1) is 0 Å². The van der Waals surface area contributed by atoms with Crippen molar-refractivity contribution in [3.8, 4) is 0 Å². The maximum Gasteiger partial charge on any atom is 0.222 e. The Balaban J connectivity index is 2.01. The molecule has 2 amide bonds. The van der Waals surface area contributed by atoms with Crippen LogP contribution < -0.4 is 5.32 Å². The van der Waals surface area contributed by atoms with Crippen molar-refractivity contribution in [1.29, 1.82) is 0 Å². The first kappa shape index (κ1) is 23.9. The molecule has 1 rings (SSSR count). The summed E-state index contributed by atoms with van der Waals surface area (Å²) < 4.78 is 0. The molecule has 5 heteroatoms. The van der Waals surface area contributed by atoms with Crippen molar-refractivity contribution in [2.45, 2.75) is 90.9 Å². The summed E-state index contributed by atoms with van der Waals surface area (Å²) in [5.41, 5.74) is 0. The second-order valence-corrected chi connectivity index (χ2v) is 7.90. The van der Waals surface area contributed by atoms with Crippen molar-refractivity contribution in [2.24, 2.45) is 0 Å². The molecule has 0 unspecified atom stereocenters. The van der Waals surface area contributed by atoms with Crippen LogP contribution >= 0.6 is 0 Å². The van der Waals surface area contributed by atoms with Crippen LogP contribution in [-0.2, 0) is 9.59 Å². The predicted molar refractivity (Wildman–Crippen MR) is 113 cm³/mol. The summed E-state index contributed by atoms with van der Waals surface area (Å²) in [6, 6.07) is 0. The minimum atomic E-state index is 0.184. The van der Waals surface area contributed by atoms with Crippen LogP contribution in [0.4, 0.5) is 0 Å². The van der Waals surface area contributed by atoms with Gasteiger partial charge in [0.25, 0.3) is 0 Å². The van der Waals surface area contributed by atoms with Gasteiger partial charge in [0.2, 0.25) is 11.8 Å². The molecular weight excluding hydrogens is 338 g/mol. The molecule has 0 aliphatic carbocycles. The maximum atomic E-state index is 12.3. The molecule has 0 aromatic heterocycles. The number of carbonyl (C=O) groups excluding carboxylic acids is 2. The smallest absolute Gasteiger partial charge is 0.222 e. The van der Waals surface area contributed by atoms with Gasteiger partial charge in [0.15, 0.2) is 0 Å². The summed E-state index contributed by atoms with van der Waals surface area (Å²) in [5, 5.41) is 3.04. The molecule has 0 bridgehead atoms. The molecule has 0 aromatic carbocycles. The lowest BCUT2D eigenvalue weighted by Gasteiger charge is -2.34. The lowest BCUT2D eigenvalue weighted by molar-refractivity contribution is -0.133. The van der Waals surface area contributed by atoms with Crippen LogP contribution in [0.2, 0.25) is 0 Å². The first-order valence-electron chi connectivity index (χ1n) is 11.4. The summed E-state index contributed by atoms with van der Waals surface area (Å²) >= 11 is 0. The number of piperazine rings is 1. The molecule has 1 N–H and O–H groups in total. The molecule has 1 fully saturated rings. The molecule has 1 heterocycles. The predicted octanol–water partition coefficient (Wildman–Crippen LogP) is 3.97. The van der Waals surface area contributed by atoms with Crippen LogP contribution in [-0.4, -0.2) is 60.9 Å². The Hall–Kier alpha value is -1.10. The molecule has 0 aromatic rings. The van der Waals surface area contributed by atoms with Crippen molar-refractivity contribution in [2.75, 3.05) is 39.3 Å². The van der Waals surface area contributed by atoms with Gasteiger partial charge >= 0.3 is 0 Å². The van der Waals surface area contributed by atoms with Gasteiger partial charge in [-0.2, -0.15) is 0 Å². The second kappa shape index (κ2) is 15.9. The van der Waals surface area contributed by atoms with Crippen LogP contribution in [0.1, 0.15) is 90.9 Å². The molecule has 0 saturated carbocycles. The molecule has 5 nitrogen and oxygen atoms in total. The Morgan fingerprint density at radius 1 is 0.741 bits per heavy atom. The lowest BCUT2D eigenvalue weighted by atomic mass is 10.1. The third kappa shape index (κ3) is 12.1. The van der Waals surface area contributed by atoms with Gasteiger partial charge in [0.1, 0.15) is 0 Å². The molecule has 0 radical (unpaired) electrons. The van der Waals surface area contributed by atoms with Crippen molar-refractivity contribution in [3.05, 3.63) is 0 Å². The van der Waals surface area contributed by atoms with E-state index in [0.29, 0.717) is 18.7 Å². The number of hydrogen-bond acceptors (Lipinski definition) is 3. The Labute approximate surface area is 167 Å². The summed E-state index contributed by atoms with van der Waals surface area (Å²) in [6.45, 7) is 9.54. The van der Waals surface area contributed by atoms with Crippen LogP contribution in [0.3, 0.4) is 0 Å². The number of nitrogens with zero attached hydrogens (tertiary/aromatic N) is 2. The highest BCUT2D eigenvalue weighted by Crippen LogP contribution is 2.09. The first-order chi connectivity index (χ1) is 13.2. The molecular formula is C22H43N3O2. The zero-order valence-corrected chi connectivity index (χ0v) is 17.9. The molecule has 27 heavy (non-hydrogen) atoms. The van der Waals surface area contributed by atoms with E-state index in [4.69, 9.17) is 0 Å². The van der Waals surface area contributed by atoms with Gasteiger partial charge in [-0.05, 0) is 12.8 Å². The van der Waals surface area contributed by atoms with E-state index in [2.05, 4.69) is 24.1 Å². The number of hydrogen-bond donors (Lipinski definition) is 1. The van der Waals surface area contributed by atoms with Gasteiger partial charge < -0.3 is 10.2 Å². The van der Waals surface area contributed by atoms with Crippen molar-refractivity contribution < 1.29 is 9.59 Å². The topological polar surface area (TPSA) is 52.7 Å². The fourth-order valence-corrected chi connectivity index (χ4v) is 3.59. The lowest BCUT2D eigenvalue weighted by Crippen LogP contribution is -2.50. The van der Waals surface area contributed by atoms with Gasteiger partial charge in [-0.25, -0.2) is 0 Å². The molecule has 0 atom stereocenters. The zero-order valence-electron chi connectivity index (χ0n) is 17.9. The van der Waals surface area contributed by atoms with Crippen molar-refractivity contribution in [1.82, 2.24) is 15.1 Å². The van der Waals surface area contributed by atoms with Gasteiger partial charge in [0, 0.05) is 52.1 Å². The molecule has 1 aliphatic rings. The summed E-state index contributed by atoms with van der Waals surface area (Å²) in [7, 11) is 0. The van der Waals surface area contributed by atoms with Crippen LogP contribution in [0.5, 0.6) is 0 Å². The van der Waals surface area contributed by atoms with E-state index in [9.17, 15) is 9.59 Å². The van der Waals surface area contributed by atoms with Crippen LogP contribution in [0.25, 0.3) is 0 Å². The highest BCUT2D eigenvalue weighted by atomic mass is 16.2. The van der Waals surface area contributed by atoms with E-state index in [1.54, 1.807) is 0 Å². The Kier molecular flexibility index (Phi) is 14.1. The highest BCUT2D eigenvalue weighted by molar-refractivity contribution is 5.76. The number of nitrogens with one attached hydrogen (secondary N) is 1. The van der Waals surface area contributed by atoms with Crippen molar-refractivity contribution >= 4 is 11.8 Å². The number of unbranched alkanes of at least 4 members (excludes halogenated alkanes) is 8. The maximum absolute atomic E-state index is 12.3. The van der Waals surface area contributed by atoms with E-state index < -0.39 is 0 Å². The largest absolute Gasteiger partial charge is 0.355 e. The SMILES string of the molecule is CCCCCCCC(=O)NCCN1CCN(C(=O)CCCCCCC)CC1. The minimum Gasteiger partial charge on any atom is -0.355 e. The third-order valence-electron chi connectivity index (χ3n) is 5.48. The quantitative estimate of drug-likeness (QED) is 0.437. The Morgan fingerprint density at radius 3 is 1.89 bits per heavy atom. The minimum absolute atomic E-state index is 0.184. The zero-order chi connectivity index (χ0) is 19.7. The van der Waals surface area contributed by atoms with Gasteiger partial charge in [-0.3, -0.25) is 14.5 Å². The summed E-state index contributed by atoms with van der Waals surface area (Å²) in [5.74, 6) is 0.505. The average Bonchev–Trinajstić information content (AvgIpc) is 2.68. The Bertz CT molecular complexity index is 390. The molecule has 158 valence electrons. The number of carbonyl (C=O) groups is 2. The summed E-state index contributed by atoms with van der Waals surface area (Å²) in [6.07, 6.45) is 13.3. The van der Waals surface area contributed by atoms with E-state index in [1.807, 2.05) is 4.90 Å². The third-order valence-corrected chi connectivity index (χ3v) is 5.48. The molecule has 1 saturated heterocycles. The van der Waals surface area contributed by atoms with E-state index in [0.717, 1.165) is 58.5 Å². The normalized spacial score (nSPS) is 15.1. The van der Waals surface area contributed by atoms with Crippen LogP contribution in [0, 0.1) is 0 Å². The van der Waals surface area contributed by atoms with E-state index in [-0.39, 0.29) is 5.91 Å². The van der Waals surface area contributed by atoms with Crippen molar-refractivity contribution in [3.63, 3.8) is 0 Å². The molecule has 1 aliphatic heterocycles. The van der Waals surface area contributed by atoms with E-state index in [1.165, 1.54) is 44.9 Å². The van der Waals surface area contributed by atoms with Gasteiger partial charge in [0.05, 0.1) is 0 Å². The monoisotopic (exact) mass is 381 g/mol. The fourth-order valence-electron chi connectivity index (χ4n) is 3.59. The molecule has 0 spiro atoms. The fraction of sp³-hybridized carbons (Fsp3) is 0.909. The Morgan fingerprint density at radius 2 is 1.30 bits per heavy atom. The van der Waals surface area contributed by atoms with Gasteiger partial charge in [-0.1, -0.05) is 65.2 Å². The highest BCUT2D eigenvalue weighted by Gasteiger charge is 2.20. The standard InChI is InChI=1S/C22H43N3O2/c1-3-5-7-9-11-13-21(26)23-15-16-24-17-19-25(20-18-24)22(27)14-12-10-8-6-4-2/h3-20H2,1-2H3,(H,23,26). The average molecular weight is 382 g/mol. The number of amides is 2. The summed E-state index contributed by atoms with van der Waals surface area (Å²) in [4.78, 5) is 28.5. The first-order valence-corrected chi connectivity index (χ1v) is 11.4. The second-order valence-electron chi connectivity index (χ2n) is 7.90.